The van der Waals surface area contributed by atoms with E-state index in [9.17, 15) is 9.90 Å². The number of hydrogen-bond acceptors (Lipinski definition) is 7. The summed E-state index contributed by atoms with van der Waals surface area (Å²) in [5, 5.41) is 20.3. The monoisotopic (exact) mass is 324 g/mol. The zero-order valence-corrected chi connectivity index (χ0v) is 13.8. The molecule has 0 aliphatic carbocycles. The van der Waals surface area contributed by atoms with Crippen LogP contribution in [0.3, 0.4) is 0 Å². The molecule has 2 aliphatic rings. The predicted molar refractivity (Wildman–Crippen MR) is 80.4 cm³/mol. The van der Waals surface area contributed by atoms with Crippen molar-refractivity contribution in [2.75, 3.05) is 32.7 Å². The number of likely N-dealkylation sites (tertiary alicyclic amines) is 1. The number of hydrogen-bond donors (Lipinski definition) is 1. The number of aromatic nitrogens is 4. The Labute approximate surface area is 135 Å². The average molecular weight is 324 g/mol. The molecule has 1 spiro atoms. The van der Waals surface area contributed by atoms with E-state index in [0.29, 0.717) is 19.6 Å². The number of aliphatic hydroxyl groups is 1. The lowest BCUT2D eigenvalue weighted by atomic mass is 9.88. The summed E-state index contributed by atoms with van der Waals surface area (Å²) in [6, 6.07) is 0. The summed E-state index contributed by atoms with van der Waals surface area (Å²) in [5.74, 6) is -0.0120. The van der Waals surface area contributed by atoms with Gasteiger partial charge in [0, 0.05) is 26.2 Å². The van der Waals surface area contributed by atoms with E-state index >= 15 is 0 Å². The van der Waals surface area contributed by atoms with Gasteiger partial charge in [-0.2, -0.15) is 0 Å². The third-order valence-electron chi connectivity index (χ3n) is 4.13. The number of carbonyl (C=O) groups is 1. The molecule has 2 aliphatic heterocycles. The summed E-state index contributed by atoms with van der Waals surface area (Å²) in [6.45, 7) is 9.12. The van der Waals surface area contributed by atoms with E-state index in [1.54, 1.807) is 6.92 Å². The molecule has 1 amide bonds. The predicted octanol–water partition coefficient (Wildman–Crippen LogP) is -1.25. The zero-order valence-electron chi connectivity index (χ0n) is 13.8. The Kier molecular flexibility index (Phi) is 4.11. The minimum absolute atomic E-state index is 0.0120. The molecule has 128 valence electrons. The van der Waals surface area contributed by atoms with Gasteiger partial charge in [0.15, 0.2) is 0 Å². The topological polar surface area (TPSA) is 96.6 Å². The number of amides is 1. The van der Waals surface area contributed by atoms with Crippen molar-refractivity contribution < 1.29 is 14.6 Å². The summed E-state index contributed by atoms with van der Waals surface area (Å²) in [7, 11) is 0. The number of tetrazole rings is 1. The Hall–Kier alpha value is -1.58. The molecular formula is C14H24N6O3. The summed E-state index contributed by atoms with van der Waals surface area (Å²) in [4.78, 5) is 16.5. The Morgan fingerprint density at radius 1 is 1.35 bits per heavy atom. The van der Waals surface area contributed by atoms with E-state index in [4.69, 9.17) is 4.74 Å². The lowest BCUT2D eigenvalue weighted by Gasteiger charge is -2.58. The first-order chi connectivity index (χ1) is 10.8. The molecule has 0 bridgehead atoms. The van der Waals surface area contributed by atoms with Crippen LogP contribution in [0.1, 0.15) is 20.8 Å². The highest BCUT2D eigenvalue weighted by molar-refractivity contribution is 5.76. The van der Waals surface area contributed by atoms with Gasteiger partial charge in [-0.15, -0.1) is 5.10 Å². The van der Waals surface area contributed by atoms with Crippen molar-refractivity contribution in [3.63, 3.8) is 0 Å². The van der Waals surface area contributed by atoms with Crippen molar-refractivity contribution in [1.29, 1.82) is 0 Å². The molecule has 1 unspecified atom stereocenters. The first-order valence-corrected chi connectivity index (χ1v) is 7.86. The van der Waals surface area contributed by atoms with Crippen LogP contribution in [0, 0.1) is 0 Å². The van der Waals surface area contributed by atoms with Gasteiger partial charge in [0.2, 0.25) is 5.91 Å². The van der Waals surface area contributed by atoms with Gasteiger partial charge in [0.25, 0.3) is 0 Å². The maximum Gasteiger partial charge on any atom is 0.244 e. The van der Waals surface area contributed by atoms with Crippen molar-refractivity contribution in [2.24, 2.45) is 0 Å². The van der Waals surface area contributed by atoms with Gasteiger partial charge in [-0.3, -0.25) is 9.69 Å². The Morgan fingerprint density at radius 2 is 2.09 bits per heavy atom. The number of nitrogens with zero attached hydrogens (tertiary/aromatic N) is 6. The number of aliphatic hydroxyl groups excluding tert-OH is 1. The second kappa shape index (κ2) is 5.81. The summed E-state index contributed by atoms with van der Waals surface area (Å²) >= 11 is 0. The molecule has 1 aromatic rings. The third kappa shape index (κ3) is 3.67. The number of carbonyl (C=O) groups excluding carboxylic acids is 1. The number of ether oxygens (including phenoxy) is 1. The molecule has 3 heterocycles. The van der Waals surface area contributed by atoms with Crippen LogP contribution >= 0.6 is 0 Å². The van der Waals surface area contributed by atoms with Crippen LogP contribution in [0.5, 0.6) is 0 Å². The molecular weight excluding hydrogens is 300 g/mol. The number of β-amino-alcohol motifs (C(OH)–C–C–N with tert-alkyl or cyclic N) is 1. The second-order valence-corrected chi connectivity index (χ2v) is 7.32. The Bertz CT molecular complexity index is 553. The average Bonchev–Trinajstić information content (AvgIpc) is 2.87. The van der Waals surface area contributed by atoms with E-state index < -0.39 is 5.60 Å². The molecule has 0 radical (unpaired) electrons. The van der Waals surface area contributed by atoms with Crippen molar-refractivity contribution in [2.45, 2.75) is 44.6 Å². The van der Waals surface area contributed by atoms with Crippen molar-refractivity contribution in [3.05, 3.63) is 6.33 Å². The van der Waals surface area contributed by atoms with Gasteiger partial charge in [0.1, 0.15) is 18.5 Å². The second-order valence-electron chi connectivity index (χ2n) is 7.32. The SMILES string of the molecule is CC(O)CN1CC2(C1)CN(C(=O)Cn1cnnn1)CC(C)(C)O2. The van der Waals surface area contributed by atoms with Gasteiger partial charge >= 0.3 is 0 Å². The molecule has 0 aromatic carbocycles. The van der Waals surface area contributed by atoms with Crippen LogP contribution in [-0.2, 0) is 16.1 Å². The summed E-state index contributed by atoms with van der Waals surface area (Å²) in [6.07, 6.45) is 1.08. The lowest BCUT2D eigenvalue weighted by molar-refractivity contribution is -0.247. The first-order valence-electron chi connectivity index (χ1n) is 7.86. The van der Waals surface area contributed by atoms with Crippen LogP contribution in [0.2, 0.25) is 0 Å². The van der Waals surface area contributed by atoms with Crippen molar-refractivity contribution in [3.8, 4) is 0 Å². The summed E-state index contributed by atoms with van der Waals surface area (Å²) < 4.78 is 7.69. The molecule has 1 N–H and O–H groups in total. The molecule has 2 saturated heterocycles. The highest BCUT2D eigenvalue weighted by atomic mass is 16.5. The minimum atomic E-state index is -0.397. The Balaban J connectivity index is 1.64. The molecule has 3 rings (SSSR count). The maximum absolute atomic E-state index is 12.5. The van der Waals surface area contributed by atoms with E-state index in [0.717, 1.165) is 13.1 Å². The fourth-order valence-electron chi connectivity index (χ4n) is 3.62. The summed E-state index contributed by atoms with van der Waals surface area (Å²) in [5.41, 5.74) is -0.738. The molecule has 1 atom stereocenters. The van der Waals surface area contributed by atoms with Crippen LogP contribution in [0.15, 0.2) is 6.33 Å². The van der Waals surface area contributed by atoms with Crippen LogP contribution in [0.4, 0.5) is 0 Å². The molecule has 23 heavy (non-hydrogen) atoms. The van der Waals surface area contributed by atoms with Gasteiger partial charge < -0.3 is 14.7 Å². The van der Waals surface area contributed by atoms with Crippen molar-refractivity contribution >= 4 is 5.91 Å². The minimum Gasteiger partial charge on any atom is -0.392 e. The first kappa shape index (κ1) is 16.3. The van der Waals surface area contributed by atoms with Gasteiger partial charge in [-0.25, -0.2) is 4.68 Å². The van der Waals surface area contributed by atoms with Crippen LogP contribution in [0.25, 0.3) is 0 Å². The standard InChI is InChI=1S/C14H24N6O3/c1-11(21)4-18-7-14(8-18)9-19(6-13(2,3)23-14)12(22)5-20-10-15-16-17-20/h10-11,21H,4-9H2,1-3H3. The normalized spacial score (nSPS) is 24.4. The van der Waals surface area contributed by atoms with Gasteiger partial charge in [-0.1, -0.05) is 0 Å². The van der Waals surface area contributed by atoms with Crippen molar-refractivity contribution in [1.82, 2.24) is 30.0 Å². The number of morpholine rings is 1. The Morgan fingerprint density at radius 3 is 2.70 bits per heavy atom. The molecule has 9 nitrogen and oxygen atoms in total. The molecule has 0 saturated carbocycles. The third-order valence-corrected chi connectivity index (χ3v) is 4.13. The van der Waals surface area contributed by atoms with E-state index in [-0.39, 0.29) is 24.2 Å². The zero-order chi connectivity index (χ0) is 16.7. The molecule has 2 fully saturated rings. The fraction of sp³-hybridized carbons (Fsp3) is 0.857. The smallest absolute Gasteiger partial charge is 0.244 e. The van der Waals surface area contributed by atoms with Crippen LogP contribution in [-0.4, -0.2) is 91.1 Å². The van der Waals surface area contributed by atoms with E-state index in [2.05, 4.69) is 20.4 Å². The van der Waals surface area contributed by atoms with E-state index in [1.165, 1.54) is 11.0 Å². The highest BCUT2D eigenvalue weighted by Gasteiger charge is 2.52. The van der Waals surface area contributed by atoms with Gasteiger partial charge in [0.05, 0.1) is 18.2 Å². The molecule has 1 aromatic heterocycles. The molecule has 9 heteroatoms. The lowest BCUT2D eigenvalue weighted by Crippen LogP contribution is -2.74. The van der Waals surface area contributed by atoms with Gasteiger partial charge in [-0.05, 0) is 31.2 Å². The largest absolute Gasteiger partial charge is 0.392 e. The maximum atomic E-state index is 12.5. The quantitative estimate of drug-likeness (QED) is 0.739. The highest BCUT2D eigenvalue weighted by Crippen LogP contribution is 2.35. The van der Waals surface area contributed by atoms with E-state index in [1.807, 2.05) is 18.7 Å². The van der Waals surface area contributed by atoms with Crippen LogP contribution < -0.4 is 0 Å². The fourth-order valence-corrected chi connectivity index (χ4v) is 3.62. The number of rotatable bonds is 4.